The van der Waals surface area contributed by atoms with Crippen LogP contribution in [0.25, 0.3) is 6.08 Å². The minimum absolute atomic E-state index is 0.0450. The third-order valence-electron chi connectivity index (χ3n) is 5.21. The Bertz CT molecular complexity index is 1120. The molecule has 1 saturated heterocycles. The van der Waals surface area contributed by atoms with Crippen LogP contribution in [0.3, 0.4) is 0 Å². The largest absolute Gasteiger partial charge is 0.490 e. The number of carbonyl (C=O) groups excluding carboxylic acids is 2. The molecule has 2 amide bonds. The first kappa shape index (κ1) is 23.3. The third kappa shape index (κ3) is 5.07. The molecule has 0 saturated carbocycles. The highest BCUT2D eigenvalue weighted by molar-refractivity contribution is 8.18. The molecule has 2 aliphatic rings. The summed E-state index contributed by atoms with van der Waals surface area (Å²) < 4.78 is 22.3. The lowest BCUT2D eigenvalue weighted by Gasteiger charge is -2.16. The number of carbonyl (C=O) groups is 2. The highest BCUT2D eigenvalue weighted by Gasteiger charge is 2.35. The monoisotopic (exact) mass is 489 g/mol. The minimum Gasteiger partial charge on any atom is -0.490 e. The van der Waals surface area contributed by atoms with Crippen LogP contribution in [0.4, 0.5) is 4.79 Å². The Labute approximate surface area is 201 Å². The Kier molecular flexibility index (Phi) is 7.05. The molecular formula is C24H24ClNO6S. The van der Waals surface area contributed by atoms with Crippen molar-refractivity contribution in [3.63, 3.8) is 0 Å². The van der Waals surface area contributed by atoms with Crippen molar-refractivity contribution in [1.29, 1.82) is 0 Å². The topological polar surface area (TPSA) is 74.3 Å². The van der Waals surface area contributed by atoms with Gasteiger partial charge < -0.3 is 18.9 Å². The van der Waals surface area contributed by atoms with Gasteiger partial charge in [-0.15, -0.1) is 0 Å². The van der Waals surface area contributed by atoms with Gasteiger partial charge in [0, 0.05) is 11.1 Å². The van der Waals surface area contributed by atoms with Gasteiger partial charge in [0.25, 0.3) is 11.1 Å². The SMILES string of the molecule is CCOc1cc(/C=C2/SC(=O)N(Cc3cc4c(cc3Cl)OCO4)C2=O)ccc1O[C@@H](C)CC. The van der Waals surface area contributed by atoms with Gasteiger partial charge in [-0.3, -0.25) is 14.5 Å². The van der Waals surface area contributed by atoms with Crippen LogP contribution in [0.15, 0.2) is 35.2 Å². The van der Waals surface area contributed by atoms with E-state index in [-0.39, 0.29) is 30.6 Å². The second-order valence-electron chi connectivity index (χ2n) is 7.54. The molecule has 7 nitrogen and oxygen atoms in total. The van der Waals surface area contributed by atoms with E-state index in [0.717, 1.165) is 23.7 Å². The Hall–Kier alpha value is -2.84. The predicted molar refractivity (Wildman–Crippen MR) is 127 cm³/mol. The average molecular weight is 490 g/mol. The molecule has 0 spiro atoms. The lowest BCUT2D eigenvalue weighted by Crippen LogP contribution is -2.27. The van der Waals surface area contributed by atoms with Gasteiger partial charge in [0.2, 0.25) is 6.79 Å². The van der Waals surface area contributed by atoms with Crippen LogP contribution in [-0.4, -0.2) is 35.6 Å². The highest BCUT2D eigenvalue weighted by atomic mass is 35.5. The summed E-state index contributed by atoms with van der Waals surface area (Å²) in [7, 11) is 0. The molecule has 2 heterocycles. The lowest BCUT2D eigenvalue weighted by molar-refractivity contribution is -0.123. The van der Waals surface area contributed by atoms with Gasteiger partial charge in [0.15, 0.2) is 23.0 Å². The standard InChI is InChI=1S/C24H24ClNO6S/c1-4-14(3)32-18-7-6-15(8-19(18)29-5-2)9-22-23(27)26(24(28)33-22)12-16-10-20-21(11-17(16)25)31-13-30-20/h6-11,14H,4-5,12-13H2,1-3H3/b22-9+/t14-/m0/s1. The predicted octanol–water partition coefficient (Wildman–Crippen LogP) is 5.88. The van der Waals surface area contributed by atoms with E-state index in [9.17, 15) is 9.59 Å². The summed E-state index contributed by atoms with van der Waals surface area (Å²) in [5.74, 6) is 1.95. The van der Waals surface area contributed by atoms with Crippen LogP contribution in [0, 0.1) is 0 Å². The maximum absolute atomic E-state index is 13.0. The van der Waals surface area contributed by atoms with Crippen LogP contribution in [0.2, 0.25) is 5.02 Å². The zero-order chi connectivity index (χ0) is 23.5. The van der Waals surface area contributed by atoms with Crippen molar-refractivity contribution in [1.82, 2.24) is 4.90 Å². The Morgan fingerprint density at radius 1 is 1.15 bits per heavy atom. The van der Waals surface area contributed by atoms with Gasteiger partial charge >= 0.3 is 0 Å². The molecule has 2 aromatic rings. The summed E-state index contributed by atoms with van der Waals surface area (Å²) in [6.45, 7) is 6.57. The van der Waals surface area contributed by atoms with Gasteiger partial charge in [-0.2, -0.15) is 0 Å². The van der Waals surface area contributed by atoms with Crippen molar-refractivity contribution in [3.05, 3.63) is 51.4 Å². The molecule has 9 heteroatoms. The van der Waals surface area contributed by atoms with Crippen molar-refractivity contribution < 1.29 is 28.5 Å². The first-order chi connectivity index (χ1) is 15.9. The van der Waals surface area contributed by atoms with Crippen LogP contribution in [-0.2, 0) is 11.3 Å². The number of fused-ring (bicyclic) bond motifs is 1. The number of amides is 2. The maximum atomic E-state index is 13.0. The third-order valence-corrected chi connectivity index (χ3v) is 6.47. The molecule has 0 aliphatic carbocycles. The first-order valence-electron chi connectivity index (χ1n) is 10.7. The maximum Gasteiger partial charge on any atom is 0.293 e. The molecule has 2 aliphatic heterocycles. The van der Waals surface area contributed by atoms with Gasteiger partial charge in [-0.25, -0.2) is 0 Å². The first-order valence-corrected chi connectivity index (χ1v) is 11.9. The quantitative estimate of drug-likeness (QED) is 0.428. The lowest BCUT2D eigenvalue weighted by atomic mass is 10.1. The number of benzene rings is 2. The van der Waals surface area contributed by atoms with Crippen molar-refractivity contribution in [2.45, 2.75) is 39.8 Å². The number of hydrogen-bond acceptors (Lipinski definition) is 7. The summed E-state index contributed by atoms with van der Waals surface area (Å²) in [5.41, 5.74) is 1.34. The van der Waals surface area contributed by atoms with Crippen LogP contribution < -0.4 is 18.9 Å². The van der Waals surface area contributed by atoms with E-state index < -0.39 is 0 Å². The molecule has 1 atom stereocenters. The zero-order valence-electron chi connectivity index (χ0n) is 18.6. The Morgan fingerprint density at radius 2 is 1.91 bits per heavy atom. The highest BCUT2D eigenvalue weighted by Crippen LogP contribution is 2.40. The summed E-state index contributed by atoms with van der Waals surface area (Å²) in [4.78, 5) is 27.1. The summed E-state index contributed by atoms with van der Waals surface area (Å²) in [5, 5.41) is 0.0438. The molecule has 1 fully saturated rings. The van der Waals surface area contributed by atoms with Crippen molar-refractivity contribution in [2.75, 3.05) is 13.4 Å². The number of rotatable bonds is 8. The van der Waals surface area contributed by atoms with E-state index >= 15 is 0 Å². The number of nitrogens with zero attached hydrogens (tertiary/aromatic N) is 1. The van der Waals surface area contributed by atoms with E-state index in [1.807, 2.05) is 39.0 Å². The smallest absolute Gasteiger partial charge is 0.293 e. The van der Waals surface area contributed by atoms with E-state index in [4.69, 9.17) is 30.5 Å². The fourth-order valence-corrected chi connectivity index (χ4v) is 4.37. The number of halogens is 1. The summed E-state index contributed by atoms with van der Waals surface area (Å²) in [6, 6.07) is 8.79. The number of hydrogen-bond donors (Lipinski definition) is 0. The molecule has 4 rings (SSSR count). The average Bonchev–Trinajstić information content (AvgIpc) is 3.34. The second-order valence-corrected chi connectivity index (χ2v) is 8.94. The molecule has 0 N–H and O–H groups in total. The van der Waals surface area contributed by atoms with Gasteiger partial charge in [-0.1, -0.05) is 24.6 Å². The minimum atomic E-state index is -0.378. The molecule has 0 aromatic heterocycles. The van der Waals surface area contributed by atoms with Crippen molar-refractivity contribution in [2.24, 2.45) is 0 Å². The Balaban J connectivity index is 1.55. The Morgan fingerprint density at radius 3 is 2.64 bits per heavy atom. The number of imide groups is 1. The van der Waals surface area contributed by atoms with Crippen molar-refractivity contribution >= 4 is 40.6 Å². The molecule has 33 heavy (non-hydrogen) atoms. The number of thioether (sulfide) groups is 1. The molecule has 2 aromatic carbocycles. The van der Waals surface area contributed by atoms with Crippen LogP contribution in [0.5, 0.6) is 23.0 Å². The molecular weight excluding hydrogens is 466 g/mol. The van der Waals surface area contributed by atoms with Crippen molar-refractivity contribution in [3.8, 4) is 23.0 Å². The summed E-state index contributed by atoms with van der Waals surface area (Å²) in [6.07, 6.45) is 2.60. The fraction of sp³-hybridized carbons (Fsp3) is 0.333. The van der Waals surface area contributed by atoms with E-state index in [0.29, 0.717) is 45.1 Å². The normalized spacial score (nSPS) is 17.1. The molecule has 0 unspecified atom stereocenters. The van der Waals surface area contributed by atoms with Gasteiger partial charge in [-0.05, 0) is 67.4 Å². The molecule has 174 valence electrons. The van der Waals surface area contributed by atoms with Gasteiger partial charge in [0.05, 0.1) is 24.2 Å². The van der Waals surface area contributed by atoms with Gasteiger partial charge in [0.1, 0.15) is 0 Å². The molecule has 0 bridgehead atoms. The number of ether oxygens (including phenoxy) is 4. The fourth-order valence-electron chi connectivity index (χ4n) is 3.32. The van der Waals surface area contributed by atoms with Crippen LogP contribution in [0.1, 0.15) is 38.3 Å². The summed E-state index contributed by atoms with van der Waals surface area (Å²) >= 11 is 7.22. The molecule has 0 radical (unpaired) electrons. The van der Waals surface area contributed by atoms with E-state index in [2.05, 4.69) is 0 Å². The zero-order valence-corrected chi connectivity index (χ0v) is 20.1. The van der Waals surface area contributed by atoms with E-state index in [1.54, 1.807) is 18.2 Å². The van der Waals surface area contributed by atoms with Crippen LogP contribution >= 0.6 is 23.4 Å². The second kappa shape index (κ2) is 9.97. The van der Waals surface area contributed by atoms with E-state index in [1.165, 1.54) is 4.90 Å².